The minimum atomic E-state index is 0.885. The second-order valence-corrected chi connectivity index (χ2v) is 5.30. The molecule has 0 atom stereocenters. The fraction of sp³-hybridized carbons (Fsp3) is 0.0455. The molecule has 23 heavy (non-hydrogen) atoms. The second kappa shape index (κ2) is 7.24. The number of aryl methyl sites for hydroxylation is 1. The van der Waals surface area contributed by atoms with Gasteiger partial charge < -0.3 is 0 Å². The largest absolute Gasteiger partial charge is 0.256 e. The lowest BCUT2D eigenvalue weighted by Crippen LogP contribution is -1.86. The van der Waals surface area contributed by atoms with Crippen LogP contribution in [-0.2, 0) is 0 Å². The van der Waals surface area contributed by atoms with E-state index in [-0.39, 0.29) is 0 Å². The highest BCUT2D eigenvalue weighted by Gasteiger charge is 2.00. The van der Waals surface area contributed by atoms with Crippen LogP contribution in [0.3, 0.4) is 0 Å². The van der Waals surface area contributed by atoms with E-state index in [1.165, 1.54) is 5.56 Å². The molecule has 0 aliphatic heterocycles. The van der Waals surface area contributed by atoms with E-state index in [4.69, 9.17) is 0 Å². The van der Waals surface area contributed by atoms with Crippen molar-refractivity contribution in [2.45, 2.75) is 6.92 Å². The highest BCUT2D eigenvalue weighted by Crippen LogP contribution is 2.15. The molecule has 0 bridgehead atoms. The monoisotopic (exact) mass is 295 g/mol. The maximum absolute atomic E-state index is 4.43. The van der Waals surface area contributed by atoms with Crippen LogP contribution in [0.1, 0.15) is 22.4 Å². The van der Waals surface area contributed by atoms with E-state index in [9.17, 15) is 0 Å². The molecule has 2 aromatic carbocycles. The summed E-state index contributed by atoms with van der Waals surface area (Å²) in [5, 5.41) is 0. The summed E-state index contributed by atoms with van der Waals surface area (Å²) in [4.78, 5) is 4.43. The van der Waals surface area contributed by atoms with Crippen LogP contribution in [0, 0.1) is 18.8 Å². The average molecular weight is 295 g/mol. The SMILES string of the molecule is Cc1ccc(C#C/C(=C/c2ccccc2)c2ccccn2)cc1. The maximum atomic E-state index is 4.43. The topological polar surface area (TPSA) is 12.9 Å². The first-order valence-electron chi connectivity index (χ1n) is 7.58. The lowest BCUT2D eigenvalue weighted by molar-refractivity contribution is 1.29. The van der Waals surface area contributed by atoms with Gasteiger partial charge in [-0.15, -0.1) is 0 Å². The second-order valence-electron chi connectivity index (χ2n) is 5.30. The molecule has 0 amide bonds. The van der Waals surface area contributed by atoms with E-state index in [1.54, 1.807) is 6.20 Å². The Hall–Kier alpha value is -3.11. The Morgan fingerprint density at radius 1 is 0.870 bits per heavy atom. The number of nitrogens with zero attached hydrogens (tertiary/aromatic N) is 1. The summed E-state index contributed by atoms with van der Waals surface area (Å²) in [7, 11) is 0. The van der Waals surface area contributed by atoms with Gasteiger partial charge in [0.15, 0.2) is 0 Å². The third kappa shape index (κ3) is 4.18. The zero-order valence-electron chi connectivity index (χ0n) is 13.0. The summed E-state index contributed by atoms with van der Waals surface area (Å²) >= 11 is 0. The van der Waals surface area contributed by atoms with E-state index in [0.717, 1.165) is 22.4 Å². The van der Waals surface area contributed by atoms with Crippen molar-refractivity contribution in [2.24, 2.45) is 0 Å². The van der Waals surface area contributed by atoms with Crippen molar-refractivity contribution in [1.29, 1.82) is 0 Å². The highest BCUT2D eigenvalue weighted by molar-refractivity contribution is 5.90. The quantitative estimate of drug-likeness (QED) is 0.607. The van der Waals surface area contributed by atoms with Gasteiger partial charge in [-0.25, -0.2) is 0 Å². The van der Waals surface area contributed by atoms with Gasteiger partial charge in [0.25, 0.3) is 0 Å². The smallest absolute Gasteiger partial charge is 0.0786 e. The Balaban J connectivity index is 2.00. The molecular formula is C22H17N. The third-order valence-corrected chi connectivity index (χ3v) is 3.44. The van der Waals surface area contributed by atoms with Crippen LogP contribution < -0.4 is 0 Å². The highest BCUT2D eigenvalue weighted by atomic mass is 14.7. The van der Waals surface area contributed by atoms with E-state index >= 15 is 0 Å². The number of hydrogen-bond acceptors (Lipinski definition) is 1. The van der Waals surface area contributed by atoms with Crippen LogP contribution in [-0.4, -0.2) is 4.98 Å². The summed E-state index contributed by atoms with van der Waals surface area (Å²) in [6.07, 6.45) is 3.87. The fourth-order valence-corrected chi connectivity index (χ4v) is 2.19. The molecule has 0 aliphatic carbocycles. The molecule has 0 fully saturated rings. The first-order chi connectivity index (χ1) is 11.3. The summed E-state index contributed by atoms with van der Waals surface area (Å²) in [5.74, 6) is 6.50. The van der Waals surface area contributed by atoms with Crippen molar-refractivity contribution in [3.63, 3.8) is 0 Å². The Bertz CT molecular complexity index is 849. The first-order valence-corrected chi connectivity index (χ1v) is 7.58. The number of pyridine rings is 1. The van der Waals surface area contributed by atoms with Crippen LogP contribution in [0.15, 0.2) is 79.0 Å². The standard InChI is InChI=1S/C22H17N/c1-18-10-12-19(13-11-18)14-15-21(22-9-5-6-16-23-22)17-20-7-3-2-4-8-20/h2-13,16-17H,1H3/b21-17-. The summed E-state index contributed by atoms with van der Waals surface area (Å²) in [6.45, 7) is 2.08. The number of hydrogen-bond donors (Lipinski definition) is 0. The van der Waals surface area contributed by atoms with Crippen LogP contribution in [0.25, 0.3) is 11.6 Å². The zero-order chi connectivity index (χ0) is 15.9. The summed E-state index contributed by atoms with van der Waals surface area (Å²) in [6, 6.07) is 24.3. The van der Waals surface area contributed by atoms with Gasteiger partial charge in [0.2, 0.25) is 0 Å². The van der Waals surface area contributed by atoms with Gasteiger partial charge in [0, 0.05) is 11.8 Å². The van der Waals surface area contributed by atoms with Crippen molar-refractivity contribution in [3.05, 3.63) is 101 Å². The van der Waals surface area contributed by atoms with E-state index < -0.39 is 0 Å². The summed E-state index contributed by atoms with van der Waals surface area (Å²) < 4.78 is 0. The van der Waals surface area contributed by atoms with Crippen molar-refractivity contribution < 1.29 is 0 Å². The minimum Gasteiger partial charge on any atom is -0.256 e. The van der Waals surface area contributed by atoms with Crippen LogP contribution >= 0.6 is 0 Å². The van der Waals surface area contributed by atoms with Crippen molar-refractivity contribution in [3.8, 4) is 11.8 Å². The molecule has 0 spiro atoms. The molecule has 1 nitrogen and oxygen atoms in total. The number of rotatable bonds is 2. The molecule has 3 rings (SSSR count). The molecule has 0 radical (unpaired) electrons. The first kappa shape index (κ1) is 14.8. The van der Waals surface area contributed by atoms with E-state index in [1.807, 2.05) is 48.5 Å². The maximum Gasteiger partial charge on any atom is 0.0786 e. The molecule has 110 valence electrons. The Kier molecular flexibility index (Phi) is 4.66. The van der Waals surface area contributed by atoms with Gasteiger partial charge >= 0.3 is 0 Å². The van der Waals surface area contributed by atoms with Crippen LogP contribution in [0.5, 0.6) is 0 Å². The normalized spacial score (nSPS) is 10.7. The molecule has 0 unspecified atom stereocenters. The average Bonchev–Trinajstić information content (AvgIpc) is 2.61. The zero-order valence-corrected chi connectivity index (χ0v) is 13.0. The molecule has 3 aromatic rings. The van der Waals surface area contributed by atoms with Gasteiger partial charge in [-0.05, 0) is 42.8 Å². The lowest BCUT2D eigenvalue weighted by atomic mass is 10.1. The Morgan fingerprint density at radius 3 is 2.30 bits per heavy atom. The number of benzene rings is 2. The van der Waals surface area contributed by atoms with Gasteiger partial charge in [-0.2, -0.15) is 0 Å². The van der Waals surface area contributed by atoms with Gasteiger partial charge in [0.1, 0.15) is 0 Å². The van der Waals surface area contributed by atoms with Gasteiger partial charge in [-0.1, -0.05) is 65.9 Å². The number of aromatic nitrogens is 1. The molecule has 0 saturated carbocycles. The van der Waals surface area contributed by atoms with Gasteiger partial charge in [-0.3, -0.25) is 4.98 Å². The number of allylic oxidation sites excluding steroid dienone is 1. The summed E-state index contributed by atoms with van der Waals surface area (Å²) in [5.41, 5.74) is 5.16. The molecule has 0 saturated heterocycles. The van der Waals surface area contributed by atoms with E-state index in [0.29, 0.717) is 0 Å². The van der Waals surface area contributed by atoms with Crippen molar-refractivity contribution >= 4 is 11.6 Å². The Labute approximate surface area is 137 Å². The predicted molar refractivity (Wildman–Crippen MR) is 96.6 cm³/mol. The molecule has 1 heterocycles. The molecule has 0 N–H and O–H groups in total. The predicted octanol–water partition coefficient (Wildman–Crippen LogP) is 4.98. The molecule has 1 heteroatoms. The minimum absolute atomic E-state index is 0.885. The van der Waals surface area contributed by atoms with E-state index in [2.05, 4.69) is 54.1 Å². The molecule has 1 aromatic heterocycles. The van der Waals surface area contributed by atoms with Gasteiger partial charge in [0.05, 0.1) is 11.3 Å². The van der Waals surface area contributed by atoms with Crippen molar-refractivity contribution in [2.75, 3.05) is 0 Å². The molecule has 0 aliphatic rings. The lowest BCUT2D eigenvalue weighted by Gasteiger charge is -2.00. The van der Waals surface area contributed by atoms with Crippen molar-refractivity contribution in [1.82, 2.24) is 4.98 Å². The van der Waals surface area contributed by atoms with Crippen LogP contribution in [0.2, 0.25) is 0 Å². The Morgan fingerprint density at radius 2 is 1.61 bits per heavy atom. The van der Waals surface area contributed by atoms with Crippen LogP contribution in [0.4, 0.5) is 0 Å². The third-order valence-electron chi connectivity index (χ3n) is 3.44. The fourth-order valence-electron chi connectivity index (χ4n) is 2.19. The molecular weight excluding hydrogens is 278 g/mol.